The van der Waals surface area contributed by atoms with Gasteiger partial charge in [-0.3, -0.25) is 14.2 Å². The lowest BCUT2D eigenvalue weighted by molar-refractivity contribution is -0.144. The van der Waals surface area contributed by atoms with Crippen LogP contribution in [0.25, 0.3) is 0 Å². The Kier molecular flexibility index (Phi) is 4.62. The van der Waals surface area contributed by atoms with Crippen molar-refractivity contribution in [2.75, 3.05) is 6.61 Å². The van der Waals surface area contributed by atoms with Crippen LogP contribution in [0.15, 0.2) is 34.1 Å². The van der Waals surface area contributed by atoms with Crippen LogP contribution >= 0.6 is 23.1 Å². The summed E-state index contributed by atoms with van der Waals surface area (Å²) in [6.45, 7) is 2.04. The highest BCUT2D eigenvalue weighted by Crippen LogP contribution is 2.63. The highest BCUT2D eigenvalue weighted by molar-refractivity contribution is 8.00. The van der Waals surface area contributed by atoms with Crippen LogP contribution in [0.1, 0.15) is 42.5 Å². The zero-order valence-corrected chi connectivity index (χ0v) is 17.2. The molecule has 2 heterocycles. The van der Waals surface area contributed by atoms with E-state index in [0.29, 0.717) is 29.6 Å². The van der Waals surface area contributed by atoms with Crippen molar-refractivity contribution in [2.24, 2.45) is 17.8 Å². The van der Waals surface area contributed by atoms with Gasteiger partial charge in [-0.1, -0.05) is 23.5 Å². The van der Waals surface area contributed by atoms with Crippen LogP contribution in [-0.4, -0.2) is 22.4 Å². The fourth-order valence-corrected chi connectivity index (χ4v) is 8.62. The number of fused-ring (bicyclic) bond motifs is 6. The highest BCUT2D eigenvalue weighted by Gasteiger charge is 2.55. The van der Waals surface area contributed by atoms with E-state index in [2.05, 4.69) is 0 Å². The molecule has 0 radical (unpaired) electrons. The maximum absolute atomic E-state index is 13.5. The van der Waals surface area contributed by atoms with Gasteiger partial charge in [-0.2, -0.15) is 0 Å². The fourth-order valence-electron chi connectivity index (χ4n) is 5.47. The molecule has 2 fully saturated rings. The van der Waals surface area contributed by atoms with Crippen LogP contribution in [0, 0.1) is 23.6 Å². The molecule has 0 N–H and O–H groups in total. The molecule has 2 bridgehead atoms. The molecule has 148 valence electrons. The number of benzene rings is 1. The first kappa shape index (κ1) is 18.4. The smallest absolute Gasteiger partial charge is 0.326 e. The lowest BCUT2D eigenvalue weighted by Crippen LogP contribution is -2.34. The van der Waals surface area contributed by atoms with Gasteiger partial charge >= 0.3 is 10.8 Å². The van der Waals surface area contributed by atoms with Crippen molar-refractivity contribution in [3.8, 4) is 0 Å². The number of esters is 1. The summed E-state index contributed by atoms with van der Waals surface area (Å²) >= 11 is 3.04. The molecular formula is C21H22FNO3S2. The van der Waals surface area contributed by atoms with E-state index in [1.54, 1.807) is 23.3 Å². The van der Waals surface area contributed by atoms with Crippen molar-refractivity contribution in [1.29, 1.82) is 0 Å². The van der Waals surface area contributed by atoms with Crippen molar-refractivity contribution < 1.29 is 13.9 Å². The van der Waals surface area contributed by atoms with Gasteiger partial charge in [0.05, 0.1) is 11.6 Å². The minimum atomic E-state index is -0.376. The molecule has 0 spiro atoms. The number of hydrogen-bond acceptors (Lipinski definition) is 5. The number of thiazole rings is 1. The number of hydrogen-bond donors (Lipinski definition) is 0. The summed E-state index contributed by atoms with van der Waals surface area (Å²) in [6, 6.07) is 6.75. The summed E-state index contributed by atoms with van der Waals surface area (Å²) in [5.41, 5.74) is 1.08. The molecule has 2 aromatic rings. The third-order valence-corrected chi connectivity index (χ3v) is 9.34. The number of thioether (sulfide) groups is 1. The lowest BCUT2D eigenvalue weighted by Gasteiger charge is -2.40. The highest BCUT2D eigenvalue weighted by atomic mass is 32.2. The molecule has 3 aliphatic rings. The van der Waals surface area contributed by atoms with Crippen LogP contribution in [0.5, 0.6) is 0 Å². The fraction of sp³-hybridized carbons (Fsp3) is 0.524. The molecule has 5 atom stereocenters. The zero-order chi connectivity index (χ0) is 19.4. The topological polar surface area (TPSA) is 48.3 Å². The van der Waals surface area contributed by atoms with Gasteiger partial charge in [0, 0.05) is 16.0 Å². The second-order valence-electron chi connectivity index (χ2n) is 7.95. The number of aromatic nitrogens is 1. The van der Waals surface area contributed by atoms with Gasteiger partial charge in [-0.05, 0) is 61.6 Å². The van der Waals surface area contributed by atoms with E-state index in [9.17, 15) is 14.0 Å². The number of halogens is 1. The standard InChI is InChI=1S/C21H22FNO3S2/c1-2-26-15(24)10-23-20-19(28-21(23)25)16(11-5-7-14(22)8-6-11)17-12-3-4-13(9-12)18(17)27-20/h5-8,12-13,16-18H,2-4,9-10H2,1H3/t12?,13?,16-,17?,18?/m0/s1. The Hall–Kier alpha value is -1.60. The Morgan fingerprint density at radius 2 is 2.00 bits per heavy atom. The van der Waals surface area contributed by atoms with Crippen LogP contribution in [0.3, 0.4) is 0 Å². The number of nitrogens with zero attached hydrogens (tertiary/aromatic N) is 1. The van der Waals surface area contributed by atoms with Crippen LogP contribution in [-0.2, 0) is 16.1 Å². The first-order valence-electron chi connectivity index (χ1n) is 9.88. The van der Waals surface area contributed by atoms with Gasteiger partial charge in [-0.25, -0.2) is 4.39 Å². The van der Waals surface area contributed by atoms with Crippen LogP contribution in [0.2, 0.25) is 0 Å². The number of carbonyl (C=O) groups excluding carboxylic acids is 1. The average Bonchev–Trinajstić information content (AvgIpc) is 3.36. The molecule has 28 heavy (non-hydrogen) atoms. The first-order chi connectivity index (χ1) is 13.6. The second-order valence-corrected chi connectivity index (χ2v) is 10.1. The van der Waals surface area contributed by atoms with Crippen molar-refractivity contribution in [3.63, 3.8) is 0 Å². The summed E-state index contributed by atoms with van der Waals surface area (Å²) in [4.78, 5) is 25.8. The second kappa shape index (κ2) is 7.02. The summed E-state index contributed by atoms with van der Waals surface area (Å²) in [5.74, 6) is 1.31. The van der Waals surface area contributed by atoms with Crippen molar-refractivity contribution >= 4 is 29.1 Å². The summed E-state index contributed by atoms with van der Waals surface area (Å²) in [5, 5.41) is 1.38. The summed E-state index contributed by atoms with van der Waals surface area (Å²) in [6.07, 6.45) is 3.74. The van der Waals surface area contributed by atoms with E-state index in [1.807, 2.05) is 12.1 Å². The quantitative estimate of drug-likeness (QED) is 0.695. The molecule has 0 saturated heterocycles. The molecule has 0 amide bonds. The predicted molar refractivity (Wildman–Crippen MR) is 107 cm³/mol. The number of ether oxygens (including phenoxy) is 1. The maximum atomic E-state index is 13.5. The molecule has 2 aliphatic carbocycles. The van der Waals surface area contributed by atoms with Gasteiger partial charge in [-0.15, -0.1) is 11.8 Å². The number of rotatable bonds is 4. The van der Waals surface area contributed by atoms with Crippen LogP contribution < -0.4 is 4.87 Å². The zero-order valence-electron chi connectivity index (χ0n) is 15.6. The summed E-state index contributed by atoms with van der Waals surface area (Å²) < 4.78 is 20.2. The molecule has 7 heteroatoms. The van der Waals surface area contributed by atoms with E-state index in [0.717, 1.165) is 15.5 Å². The molecular weight excluding hydrogens is 397 g/mol. The Balaban J connectivity index is 1.61. The Bertz CT molecular complexity index is 967. The lowest BCUT2D eigenvalue weighted by atomic mass is 9.75. The van der Waals surface area contributed by atoms with E-state index in [1.165, 1.54) is 42.7 Å². The minimum absolute atomic E-state index is 0.0346. The molecule has 4 unspecified atom stereocenters. The third kappa shape index (κ3) is 2.86. The monoisotopic (exact) mass is 419 g/mol. The van der Waals surface area contributed by atoms with Gasteiger partial charge in [0.25, 0.3) is 0 Å². The van der Waals surface area contributed by atoms with E-state index in [-0.39, 0.29) is 29.1 Å². The molecule has 2 saturated carbocycles. The SMILES string of the molecule is CCOC(=O)Cn1c2c(sc1=O)[C@@H](c1ccc(F)cc1)C1C3CCC(C3)C1S2. The molecule has 5 rings (SSSR count). The van der Waals surface area contributed by atoms with E-state index in [4.69, 9.17) is 4.74 Å². The Morgan fingerprint density at radius 1 is 1.25 bits per heavy atom. The van der Waals surface area contributed by atoms with Crippen molar-refractivity contribution in [3.05, 3.63) is 50.2 Å². The minimum Gasteiger partial charge on any atom is -0.465 e. The van der Waals surface area contributed by atoms with Crippen molar-refractivity contribution in [1.82, 2.24) is 4.57 Å². The Morgan fingerprint density at radius 3 is 2.75 bits per heavy atom. The average molecular weight is 420 g/mol. The van der Waals surface area contributed by atoms with E-state index < -0.39 is 0 Å². The van der Waals surface area contributed by atoms with Gasteiger partial charge in [0.2, 0.25) is 0 Å². The van der Waals surface area contributed by atoms with Crippen molar-refractivity contribution in [2.45, 2.75) is 48.9 Å². The molecule has 1 aromatic carbocycles. The van der Waals surface area contributed by atoms with Gasteiger partial charge in [0.15, 0.2) is 0 Å². The van der Waals surface area contributed by atoms with Crippen LogP contribution in [0.4, 0.5) is 4.39 Å². The predicted octanol–water partition coefficient (Wildman–Crippen LogP) is 4.26. The molecule has 1 aliphatic heterocycles. The molecule has 4 nitrogen and oxygen atoms in total. The Labute approximate surface area is 171 Å². The van der Waals surface area contributed by atoms with Gasteiger partial charge < -0.3 is 4.74 Å². The number of carbonyl (C=O) groups is 1. The largest absolute Gasteiger partial charge is 0.465 e. The normalized spacial score (nSPS) is 30.1. The van der Waals surface area contributed by atoms with E-state index >= 15 is 0 Å². The maximum Gasteiger partial charge on any atom is 0.326 e. The first-order valence-corrected chi connectivity index (χ1v) is 11.6. The molecule has 1 aromatic heterocycles. The summed E-state index contributed by atoms with van der Waals surface area (Å²) in [7, 11) is 0. The van der Waals surface area contributed by atoms with Gasteiger partial charge in [0.1, 0.15) is 12.4 Å². The third-order valence-electron chi connectivity index (χ3n) is 6.51.